The number of nitrogens with zero attached hydrogens (tertiary/aromatic N) is 2. The van der Waals surface area contributed by atoms with E-state index >= 15 is 0 Å². The van der Waals surface area contributed by atoms with Gasteiger partial charge in [-0.3, -0.25) is 9.59 Å². The monoisotopic (exact) mass is 410 g/mol. The van der Waals surface area contributed by atoms with Gasteiger partial charge in [-0.2, -0.15) is 0 Å². The molecule has 0 atom stereocenters. The highest BCUT2D eigenvalue weighted by molar-refractivity contribution is 7.99. The van der Waals surface area contributed by atoms with Crippen molar-refractivity contribution in [3.63, 3.8) is 0 Å². The van der Waals surface area contributed by atoms with E-state index in [4.69, 9.17) is 0 Å². The van der Waals surface area contributed by atoms with Crippen molar-refractivity contribution in [3.8, 4) is 11.3 Å². The van der Waals surface area contributed by atoms with Gasteiger partial charge in [-0.05, 0) is 37.3 Å². The summed E-state index contributed by atoms with van der Waals surface area (Å²) in [5.41, 5.74) is 3.03. The Labute approximate surface area is 172 Å². The summed E-state index contributed by atoms with van der Waals surface area (Å²) < 4.78 is 12.9. The molecule has 0 saturated heterocycles. The van der Waals surface area contributed by atoms with Gasteiger partial charge in [0.05, 0.1) is 18.0 Å². The van der Waals surface area contributed by atoms with E-state index in [1.807, 2.05) is 43.3 Å². The highest BCUT2D eigenvalue weighted by Gasteiger charge is 2.10. The van der Waals surface area contributed by atoms with Crippen LogP contribution in [0.1, 0.15) is 5.69 Å². The van der Waals surface area contributed by atoms with Crippen LogP contribution in [-0.4, -0.2) is 34.1 Å². The van der Waals surface area contributed by atoms with Crippen molar-refractivity contribution < 1.29 is 14.0 Å². The molecular formula is C21H19FN4O2S. The van der Waals surface area contributed by atoms with Gasteiger partial charge in [-0.15, -0.1) is 0 Å². The molecule has 0 radical (unpaired) electrons. The summed E-state index contributed by atoms with van der Waals surface area (Å²) >= 11 is 1.20. The van der Waals surface area contributed by atoms with Crippen molar-refractivity contribution in [2.75, 3.05) is 17.6 Å². The first-order valence-electron chi connectivity index (χ1n) is 8.85. The summed E-state index contributed by atoms with van der Waals surface area (Å²) in [6.07, 6.45) is 0. The number of thioether (sulfide) groups is 1. The lowest BCUT2D eigenvalue weighted by Gasteiger charge is -2.08. The standard InChI is InChI=1S/C21H19FN4O2S/c1-14-11-18(15-5-3-2-4-6-15)26-21(24-14)29-13-20(28)23-12-19(27)25-17-9-7-16(22)8-10-17/h2-11H,12-13H2,1H3,(H,23,28)(H,25,27). The maximum atomic E-state index is 12.9. The van der Waals surface area contributed by atoms with E-state index in [2.05, 4.69) is 20.6 Å². The molecular weight excluding hydrogens is 391 g/mol. The first-order chi connectivity index (χ1) is 14.0. The molecule has 6 nitrogen and oxygen atoms in total. The fraction of sp³-hybridized carbons (Fsp3) is 0.143. The van der Waals surface area contributed by atoms with Crippen LogP contribution in [0.4, 0.5) is 10.1 Å². The lowest BCUT2D eigenvalue weighted by molar-refractivity contribution is -0.122. The molecule has 0 aliphatic carbocycles. The van der Waals surface area contributed by atoms with E-state index < -0.39 is 5.91 Å². The van der Waals surface area contributed by atoms with Crippen molar-refractivity contribution in [3.05, 3.63) is 72.2 Å². The van der Waals surface area contributed by atoms with Crippen LogP contribution in [-0.2, 0) is 9.59 Å². The second kappa shape index (κ2) is 9.79. The number of aryl methyl sites for hydroxylation is 1. The fourth-order valence-corrected chi connectivity index (χ4v) is 3.19. The van der Waals surface area contributed by atoms with Gasteiger partial charge in [0.1, 0.15) is 5.82 Å². The Morgan fingerprint density at radius 3 is 2.45 bits per heavy atom. The van der Waals surface area contributed by atoms with Crippen molar-refractivity contribution in [2.45, 2.75) is 12.1 Å². The number of hydrogen-bond donors (Lipinski definition) is 2. The molecule has 2 amide bonds. The van der Waals surface area contributed by atoms with E-state index in [1.165, 1.54) is 36.0 Å². The molecule has 1 aromatic heterocycles. The van der Waals surface area contributed by atoms with Crippen molar-refractivity contribution >= 4 is 29.3 Å². The van der Waals surface area contributed by atoms with Crippen LogP contribution in [0.3, 0.4) is 0 Å². The molecule has 148 valence electrons. The van der Waals surface area contributed by atoms with Crippen molar-refractivity contribution in [1.29, 1.82) is 0 Å². The molecule has 0 aliphatic heterocycles. The molecule has 0 saturated carbocycles. The minimum atomic E-state index is -0.395. The van der Waals surface area contributed by atoms with Crippen LogP contribution in [0.5, 0.6) is 0 Å². The summed E-state index contributed by atoms with van der Waals surface area (Å²) in [7, 11) is 0. The largest absolute Gasteiger partial charge is 0.346 e. The van der Waals surface area contributed by atoms with E-state index in [0.717, 1.165) is 17.0 Å². The number of halogens is 1. The maximum absolute atomic E-state index is 12.9. The summed E-state index contributed by atoms with van der Waals surface area (Å²) in [6, 6.07) is 17.0. The number of aromatic nitrogens is 2. The Bertz CT molecular complexity index is 997. The smallest absolute Gasteiger partial charge is 0.243 e. The molecule has 0 unspecified atom stereocenters. The Morgan fingerprint density at radius 2 is 1.72 bits per heavy atom. The highest BCUT2D eigenvalue weighted by Crippen LogP contribution is 2.21. The molecule has 29 heavy (non-hydrogen) atoms. The maximum Gasteiger partial charge on any atom is 0.243 e. The van der Waals surface area contributed by atoms with Crippen molar-refractivity contribution in [2.24, 2.45) is 0 Å². The zero-order valence-corrected chi connectivity index (χ0v) is 16.5. The minimum Gasteiger partial charge on any atom is -0.346 e. The Kier molecular flexibility index (Phi) is 6.91. The van der Waals surface area contributed by atoms with Crippen LogP contribution < -0.4 is 10.6 Å². The Morgan fingerprint density at radius 1 is 1.00 bits per heavy atom. The van der Waals surface area contributed by atoms with Gasteiger partial charge in [-0.25, -0.2) is 14.4 Å². The van der Waals surface area contributed by atoms with Gasteiger partial charge in [0, 0.05) is 16.9 Å². The second-order valence-corrected chi connectivity index (χ2v) is 7.11. The SMILES string of the molecule is Cc1cc(-c2ccccc2)nc(SCC(=O)NCC(=O)Nc2ccc(F)cc2)n1. The molecule has 1 heterocycles. The van der Waals surface area contributed by atoms with Crippen LogP contribution in [0.15, 0.2) is 65.8 Å². The first-order valence-corrected chi connectivity index (χ1v) is 9.84. The summed E-state index contributed by atoms with van der Waals surface area (Å²) in [5, 5.41) is 5.62. The van der Waals surface area contributed by atoms with E-state index in [0.29, 0.717) is 10.8 Å². The zero-order valence-electron chi connectivity index (χ0n) is 15.7. The topological polar surface area (TPSA) is 84.0 Å². The molecule has 0 fully saturated rings. The van der Waals surface area contributed by atoms with Crippen molar-refractivity contribution in [1.82, 2.24) is 15.3 Å². The average Bonchev–Trinajstić information content (AvgIpc) is 2.73. The number of carbonyl (C=O) groups is 2. The van der Waals surface area contributed by atoms with E-state index in [1.54, 1.807) is 0 Å². The Balaban J connectivity index is 1.49. The van der Waals surface area contributed by atoms with Gasteiger partial charge in [0.15, 0.2) is 5.16 Å². The summed E-state index contributed by atoms with van der Waals surface area (Å²) in [5.74, 6) is -1.01. The third kappa shape index (κ3) is 6.39. The summed E-state index contributed by atoms with van der Waals surface area (Å²) in [6.45, 7) is 1.69. The van der Waals surface area contributed by atoms with Gasteiger partial charge >= 0.3 is 0 Å². The summed E-state index contributed by atoms with van der Waals surface area (Å²) in [4.78, 5) is 32.8. The molecule has 8 heteroatoms. The van der Waals surface area contributed by atoms with Crippen LogP contribution in [0.25, 0.3) is 11.3 Å². The van der Waals surface area contributed by atoms with E-state index in [-0.39, 0.29) is 24.0 Å². The molecule has 2 aromatic carbocycles. The fourth-order valence-electron chi connectivity index (χ4n) is 2.46. The predicted molar refractivity (Wildman–Crippen MR) is 111 cm³/mol. The molecule has 0 bridgehead atoms. The van der Waals surface area contributed by atoms with Gasteiger partial charge in [-0.1, -0.05) is 42.1 Å². The minimum absolute atomic E-state index is 0.0848. The number of rotatable bonds is 7. The van der Waals surface area contributed by atoms with Gasteiger partial charge in [0.25, 0.3) is 0 Å². The number of hydrogen-bond acceptors (Lipinski definition) is 5. The zero-order chi connectivity index (χ0) is 20.6. The highest BCUT2D eigenvalue weighted by atomic mass is 32.2. The number of carbonyl (C=O) groups excluding carboxylic acids is 2. The van der Waals surface area contributed by atoms with Gasteiger partial charge < -0.3 is 10.6 Å². The third-order valence-corrected chi connectivity index (χ3v) is 4.66. The molecule has 3 aromatic rings. The number of nitrogens with one attached hydrogen (secondary N) is 2. The number of anilines is 1. The molecule has 3 rings (SSSR count). The first kappa shape index (κ1) is 20.5. The average molecular weight is 410 g/mol. The molecule has 0 spiro atoms. The van der Waals surface area contributed by atoms with Crippen LogP contribution in [0.2, 0.25) is 0 Å². The van der Waals surface area contributed by atoms with Crippen LogP contribution in [0, 0.1) is 12.7 Å². The normalized spacial score (nSPS) is 10.4. The predicted octanol–water partition coefficient (Wildman–Crippen LogP) is 3.44. The lowest BCUT2D eigenvalue weighted by atomic mass is 10.1. The quantitative estimate of drug-likeness (QED) is 0.461. The molecule has 2 N–H and O–H groups in total. The number of amides is 2. The lowest BCUT2D eigenvalue weighted by Crippen LogP contribution is -2.33. The third-order valence-electron chi connectivity index (χ3n) is 3.81. The number of benzene rings is 2. The van der Waals surface area contributed by atoms with E-state index in [9.17, 15) is 14.0 Å². The molecule has 0 aliphatic rings. The van der Waals surface area contributed by atoms with Crippen LogP contribution >= 0.6 is 11.8 Å². The Hall–Kier alpha value is -3.26. The second-order valence-electron chi connectivity index (χ2n) is 6.16. The van der Waals surface area contributed by atoms with Gasteiger partial charge in [0.2, 0.25) is 11.8 Å².